The first kappa shape index (κ1) is 6.61. The molecule has 0 aliphatic carbocycles. The maximum absolute atomic E-state index is 10.4. The number of benzene rings is 1. The molecule has 11 heavy (non-hydrogen) atoms. The zero-order valence-electron chi connectivity index (χ0n) is 6.04. The van der Waals surface area contributed by atoms with E-state index in [4.69, 9.17) is 4.65 Å². The molecule has 0 aromatic heterocycles. The Balaban J connectivity index is 2.48. The predicted octanol–water partition coefficient (Wildman–Crippen LogP) is 0.00610. The van der Waals surface area contributed by atoms with Crippen LogP contribution in [0.3, 0.4) is 0 Å². The van der Waals surface area contributed by atoms with Crippen LogP contribution in [0.25, 0.3) is 0 Å². The third-order valence-electron chi connectivity index (χ3n) is 1.88. The minimum Gasteiger partial charge on any atom is -0.430 e. The summed E-state index contributed by atoms with van der Waals surface area (Å²) in [6.07, 6.45) is 0.860. The molecule has 2 rings (SSSR count). The molecule has 1 aromatic rings. The molecule has 1 aliphatic rings. The van der Waals surface area contributed by atoms with Gasteiger partial charge in [-0.05, 0) is 11.0 Å². The highest BCUT2D eigenvalue weighted by atomic mass is 16.4. The second-order valence-corrected chi connectivity index (χ2v) is 2.64. The summed E-state index contributed by atoms with van der Waals surface area (Å²) in [5, 5.41) is 0. The van der Waals surface area contributed by atoms with Crippen molar-refractivity contribution in [3.05, 3.63) is 29.3 Å². The summed E-state index contributed by atoms with van der Waals surface area (Å²) in [6.45, 7) is 0.689. The quantitative estimate of drug-likeness (QED) is 0.412. The van der Waals surface area contributed by atoms with E-state index in [0.717, 1.165) is 17.3 Å². The predicted molar refractivity (Wildman–Crippen MR) is 43.4 cm³/mol. The van der Waals surface area contributed by atoms with E-state index in [0.29, 0.717) is 14.1 Å². The maximum atomic E-state index is 10.4. The summed E-state index contributed by atoms with van der Waals surface area (Å²) in [5.41, 5.74) is 3.08. The fraction of sp³-hybridized carbons (Fsp3) is 0.125. The Morgan fingerprint density at radius 3 is 3.27 bits per heavy atom. The van der Waals surface area contributed by atoms with Crippen LogP contribution in [0.5, 0.6) is 0 Å². The van der Waals surface area contributed by atoms with Crippen molar-refractivity contribution in [3.8, 4) is 0 Å². The molecule has 2 nitrogen and oxygen atoms in total. The summed E-state index contributed by atoms with van der Waals surface area (Å²) in [7, 11) is 0.650. The number of carbonyl (C=O) groups is 1. The number of carbonyl (C=O) groups excluding carboxylic acids is 1. The summed E-state index contributed by atoms with van der Waals surface area (Å²) in [6, 6.07) is 5.65. The van der Waals surface area contributed by atoms with E-state index < -0.39 is 0 Å². The lowest BCUT2D eigenvalue weighted by molar-refractivity contribution is 0.112. The minimum atomic E-state index is 0.650. The number of fused-ring (bicyclic) bond motifs is 1. The average Bonchev–Trinajstić information content (AvgIpc) is 2.50. The van der Waals surface area contributed by atoms with Crippen molar-refractivity contribution >= 4 is 19.2 Å². The van der Waals surface area contributed by atoms with Crippen LogP contribution in [0.2, 0.25) is 0 Å². The van der Waals surface area contributed by atoms with Crippen LogP contribution < -0.4 is 5.46 Å². The van der Waals surface area contributed by atoms with Crippen molar-refractivity contribution in [2.24, 2.45) is 0 Å². The van der Waals surface area contributed by atoms with E-state index in [1.165, 1.54) is 5.56 Å². The largest absolute Gasteiger partial charge is 0.430 e. The maximum Gasteiger partial charge on any atom is 0.309 e. The molecule has 0 bridgehead atoms. The summed E-state index contributed by atoms with van der Waals surface area (Å²) < 4.78 is 5.20. The molecule has 1 aromatic carbocycles. The zero-order chi connectivity index (χ0) is 7.68. The van der Waals surface area contributed by atoms with E-state index in [-0.39, 0.29) is 0 Å². The fourth-order valence-electron chi connectivity index (χ4n) is 1.27. The van der Waals surface area contributed by atoms with Gasteiger partial charge in [0.1, 0.15) is 6.29 Å². The minimum absolute atomic E-state index is 0.650. The zero-order valence-corrected chi connectivity index (χ0v) is 6.04. The normalized spacial score (nSPS) is 13.8. The molecule has 0 radical (unpaired) electrons. The van der Waals surface area contributed by atoms with Gasteiger partial charge < -0.3 is 4.65 Å². The third-order valence-corrected chi connectivity index (χ3v) is 1.88. The first-order chi connectivity index (χ1) is 5.40. The Morgan fingerprint density at radius 1 is 1.55 bits per heavy atom. The van der Waals surface area contributed by atoms with Gasteiger partial charge in [0.15, 0.2) is 0 Å². The molecule has 3 heteroatoms. The third kappa shape index (κ3) is 1.07. The van der Waals surface area contributed by atoms with Gasteiger partial charge in [-0.25, -0.2) is 0 Å². The lowest BCUT2D eigenvalue weighted by Crippen LogP contribution is -2.11. The smallest absolute Gasteiger partial charge is 0.309 e. The highest BCUT2D eigenvalue weighted by Crippen LogP contribution is 2.06. The van der Waals surface area contributed by atoms with Gasteiger partial charge in [-0.2, -0.15) is 0 Å². The van der Waals surface area contributed by atoms with Crippen LogP contribution >= 0.6 is 0 Å². The molecule has 0 spiro atoms. The van der Waals surface area contributed by atoms with Gasteiger partial charge in [0.2, 0.25) is 0 Å². The van der Waals surface area contributed by atoms with Crippen LogP contribution in [0, 0.1) is 0 Å². The molecule has 54 valence electrons. The van der Waals surface area contributed by atoms with Gasteiger partial charge >= 0.3 is 7.48 Å². The first-order valence-electron chi connectivity index (χ1n) is 3.55. The first-order valence-corrected chi connectivity index (χ1v) is 3.55. The monoisotopic (exact) mass is 146 g/mol. The standard InChI is InChI=1S/C8H7BO2/c10-4-6-1-2-7-5-11-9-8(7)3-6/h1-4,9H,5H2. The molecule has 0 unspecified atom stereocenters. The van der Waals surface area contributed by atoms with Crippen LogP contribution in [0.15, 0.2) is 18.2 Å². The van der Waals surface area contributed by atoms with E-state index >= 15 is 0 Å². The van der Waals surface area contributed by atoms with Gasteiger partial charge in [0.25, 0.3) is 0 Å². The molecule has 0 atom stereocenters. The van der Waals surface area contributed by atoms with Crippen molar-refractivity contribution < 1.29 is 9.45 Å². The Morgan fingerprint density at radius 2 is 2.45 bits per heavy atom. The fourth-order valence-corrected chi connectivity index (χ4v) is 1.27. The van der Waals surface area contributed by atoms with E-state index in [1.807, 2.05) is 18.2 Å². The van der Waals surface area contributed by atoms with Crippen LogP contribution in [-0.4, -0.2) is 13.8 Å². The molecule has 1 heterocycles. The Bertz CT molecular complexity index is 296. The van der Waals surface area contributed by atoms with Gasteiger partial charge in [-0.3, -0.25) is 4.79 Å². The Kier molecular flexibility index (Phi) is 1.51. The number of aldehydes is 1. The number of rotatable bonds is 1. The van der Waals surface area contributed by atoms with Crippen molar-refractivity contribution in [1.82, 2.24) is 0 Å². The van der Waals surface area contributed by atoms with Crippen LogP contribution in [-0.2, 0) is 11.3 Å². The van der Waals surface area contributed by atoms with Crippen molar-refractivity contribution in [2.45, 2.75) is 6.61 Å². The average molecular weight is 146 g/mol. The molecule has 0 amide bonds. The van der Waals surface area contributed by atoms with Crippen molar-refractivity contribution in [2.75, 3.05) is 0 Å². The van der Waals surface area contributed by atoms with Crippen LogP contribution in [0.4, 0.5) is 0 Å². The highest BCUT2D eigenvalue weighted by Gasteiger charge is 2.12. The van der Waals surface area contributed by atoms with Gasteiger partial charge in [-0.1, -0.05) is 18.2 Å². The van der Waals surface area contributed by atoms with Crippen molar-refractivity contribution in [1.29, 1.82) is 0 Å². The summed E-state index contributed by atoms with van der Waals surface area (Å²) in [5.74, 6) is 0. The van der Waals surface area contributed by atoms with Crippen LogP contribution in [0.1, 0.15) is 15.9 Å². The SMILES string of the molecule is O=Cc1ccc2c(c1)BOC2. The molecular formula is C8H7BO2. The molecule has 0 saturated heterocycles. The summed E-state index contributed by atoms with van der Waals surface area (Å²) in [4.78, 5) is 10.4. The molecule has 0 fully saturated rings. The summed E-state index contributed by atoms with van der Waals surface area (Å²) >= 11 is 0. The topological polar surface area (TPSA) is 26.3 Å². The molecule has 0 saturated carbocycles. The van der Waals surface area contributed by atoms with Gasteiger partial charge in [0.05, 0.1) is 6.61 Å². The Hall–Kier alpha value is -1.09. The second kappa shape index (κ2) is 2.51. The lowest BCUT2D eigenvalue weighted by Gasteiger charge is -1.95. The van der Waals surface area contributed by atoms with E-state index in [2.05, 4.69) is 0 Å². The second-order valence-electron chi connectivity index (χ2n) is 2.64. The number of hydrogen-bond donors (Lipinski definition) is 0. The molecule has 0 N–H and O–H groups in total. The molecule has 1 aliphatic heterocycles. The number of hydrogen-bond acceptors (Lipinski definition) is 2. The van der Waals surface area contributed by atoms with Gasteiger partial charge in [0, 0.05) is 5.56 Å². The van der Waals surface area contributed by atoms with Gasteiger partial charge in [-0.15, -0.1) is 0 Å². The molecular weight excluding hydrogens is 139 g/mol. The Labute approximate surface area is 65.5 Å². The van der Waals surface area contributed by atoms with E-state index in [1.54, 1.807) is 0 Å². The highest BCUT2D eigenvalue weighted by molar-refractivity contribution is 6.49. The van der Waals surface area contributed by atoms with Crippen molar-refractivity contribution in [3.63, 3.8) is 0 Å². The lowest BCUT2D eigenvalue weighted by atomic mass is 9.86. The van der Waals surface area contributed by atoms with E-state index in [9.17, 15) is 4.79 Å².